The molecule has 0 amide bonds. The van der Waals surface area contributed by atoms with Gasteiger partial charge in [-0.05, 0) is 52.8 Å². The van der Waals surface area contributed by atoms with Crippen molar-refractivity contribution >= 4 is 13.7 Å². The summed E-state index contributed by atoms with van der Waals surface area (Å²) in [6, 6.07) is 24.8. The highest BCUT2D eigenvalue weighted by molar-refractivity contribution is 7.57. The Kier molecular flexibility index (Phi) is 8.18. The smallest absolute Gasteiger partial charge is 0.326 e. The Hall–Kier alpha value is -3.69. The van der Waals surface area contributed by atoms with Crippen LogP contribution in [0.5, 0.6) is 28.7 Å². The van der Waals surface area contributed by atoms with E-state index in [4.69, 9.17) is 23.3 Å². The Morgan fingerprint density at radius 3 is 1.71 bits per heavy atom. The molecular formula is C36H41O5P. The van der Waals surface area contributed by atoms with Crippen LogP contribution in [0, 0.1) is 0 Å². The van der Waals surface area contributed by atoms with Crippen LogP contribution < -0.4 is 28.6 Å². The van der Waals surface area contributed by atoms with Gasteiger partial charge in [-0.2, -0.15) is 0 Å². The van der Waals surface area contributed by atoms with Gasteiger partial charge < -0.3 is 23.3 Å². The summed E-state index contributed by atoms with van der Waals surface area (Å²) in [7, 11) is 3.68. The SMILES string of the molecule is COc1cc(Cc2cc(OC)cc(C(C)(C)C)c2OP2Oc3ccccc3-c3ccccc32)c(OC)c(C(C)(C)C)c1. The van der Waals surface area contributed by atoms with E-state index in [9.17, 15) is 0 Å². The van der Waals surface area contributed by atoms with Crippen LogP contribution >= 0.6 is 8.38 Å². The zero-order chi connectivity index (χ0) is 30.2. The van der Waals surface area contributed by atoms with Gasteiger partial charge in [-0.3, -0.25) is 0 Å². The number of hydrogen-bond acceptors (Lipinski definition) is 5. The van der Waals surface area contributed by atoms with Crippen LogP contribution in [0.3, 0.4) is 0 Å². The molecular weight excluding hydrogens is 543 g/mol. The second-order valence-corrected chi connectivity index (χ2v) is 14.0. The van der Waals surface area contributed by atoms with E-state index in [1.54, 1.807) is 21.3 Å². The molecule has 0 radical (unpaired) electrons. The standard InChI is InChI=1S/C36H41O5P/c1-35(2,3)29-21-25(37-7)19-23(33(29)39-9)18-24-20-26(38-8)22-30(36(4,5)6)34(24)41-42-32-17-13-11-15-28(32)27-14-10-12-16-31(27)40-42/h10-17,19-22H,18H2,1-9H3. The predicted octanol–water partition coefficient (Wildman–Crippen LogP) is 8.97. The van der Waals surface area contributed by atoms with Crippen molar-refractivity contribution in [3.05, 3.63) is 95.1 Å². The molecule has 4 aromatic rings. The summed E-state index contributed by atoms with van der Waals surface area (Å²) in [4.78, 5) is 0. The molecule has 0 N–H and O–H groups in total. The lowest BCUT2D eigenvalue weighted by Crippen LogP contribution is -2.20. The maximum Gasteiger partial charge on any atom is 0.326 e. The molecule has 1 atom stereocenters. The van der Waals surface area contributed by atoms with E-state index in [-0.39, 0.29) is 10.8 Å². The first-order valence-corrected chi connectivity index (χ1v) is 15.4. The van der Waals surface area contributed by atoms with Crippen LogP contribution in [0.2, 0.25) is 0 Å². The zero-order valence-corrected chi connectivity index (χ0v) is 27.0. The van der Waals surface area contributed by atoms with E-state index in [0.717, 1.165) is 67.4 Å². The Morgan fingerprint density at radius 2 is 1.14 bits per heavy atom. The lowest BCUT2D eigenvalue weighted by Gasteiger charge is -2.31. The van der Waals surface area contributed by atoms with Gasteiger partial charge in [-0.25, -0.2) is 0 Å². The molecule has 0 saturated heterocycles. The third-order valence-corrected chi connectivity index (χ3v) is 9.08. The van der Waals surface area contributed by atoms with Gasteiger partial charge in [0.25, 0.3) is 0 Å². The predicted molar refractivity (Wildman–Crippen MR) is 172 cm³/mol. The van der Waals surface area contributed by atoms with E-state index in [1.807, 2.05) is 24.3 Å². The highest BCUT2D eigenvalue weighted by Crippen LogP contribution is 2.52. The van der Waals surface area contributed by atoms with Crippen LogP contribution in [0.1, 0.15) is 63.8 Å². The van der Waals surface area contributed by atoms with Crippen molar-refractivity contribution in [1.29, 1.82) is 0 Å². The summed E-state index contributed by atoms with van der Waals surface area (Å²) in [6.45, 7) is 13.1. The Labute approximate surface area is 251 Å². The van der Waals surface area contributed by atoms with Crippen molar-refractivity contribution in [3.8, 4) is 39.9 Å². The molecule has 1 heterocycles. The number of benzene rings is 4. The van der Waals surface area contributed by atoms with Gasteiger partial charge in [-0.1, -0.05) is 77.9 Å². The summed E-state index contributed by atoms with van der Waals surface area (Å²) < 4.78 is 31.3. The number of rotatable bonds is 7. The van der Waals surface area contributed by atoms with Crippen molar-refractivity contribution in [2.24, 2.45) is 0 Å². The largest absolute Gasteiger partial charge is 0.497 e. The van der Waals surface area contributed by atoms with Crippen molar-refractivity contribution in [1.82, 2.24) is 0 Å². The van der Waals surface area contributed by atoms with E-state index in [1.165, 1.54) is 0 Å². The summed E-state index contributed by atoms with van der Waals surface area (Å²) >= 11 is 0. The Balaban J connectivity index is 1.69. The van der Waals surface area contributed by atoms with Gasteiger partial charge in [0, 0.05) is 34.2 Å². The first-order valence-electron chi connectivity index (χ1n) is 14.3. The van der Waals surface area contributed by atoms with Gasteiger partial charge in [0.1, 0.15) is 28.7 Å². The number of ether oxygens (including phenoxy) is 3. The molecule has 1 aliphatic heterocycles. The molecule has 42 heavy (non-hydrogen) atoms. The molecule has 5 rings (SSSR count). The van der Waals surface area contributed by atoms with Gasteiger partial charge in [0.15, 0.2) is 0 Å². The van der Waals surface area contributed by atoms with Crippen molar-refractivity contribution < 1.29 is 23.3 Å². The highest BCUT2D eigenvalue weighted by Gasteiger charge is 2.33. The fraction of sp³-hybridized carbons (Fsp3) is 0.333. The van der Waals surface area contributed by atoms with Gasteiger partial charge in [0.05, 0.1) is 26.6 Å². The fourth-order valence-corrected chi connectivity index (χ4v) is 6.96. The Morgan fingerprint density at radius 1 is 0.619 bits per heavy atom. The molecule has 0 aromatic heterocycles. The van der Waals surface area contributed by atoms with E-state index < -0.39 is 8.38 Å². The number of para-hydroxylation sites is 1. The summed E-state index contributed by atoms with van der Waals surface area (Å²) in [5.41, 5.74) is 6.00. The van der Waals surface area contributed by atoms with Crippen molar-refractivity contribution in [3.63, 3.8) is 0 Å². The second kappa shape index (κ2) is 11.5. The Bertz CT molecular complexity index is 1600. The molecule has 220 valence electrons. The second-order valence-electron chi connectivity index (χ2n) is 12.7. The van der Waals surface area contributed by atoms with Gasteiger partial charge >= 0.3 is 8.38 Å². The molecule has 6 heteroatoms. The monoisotopic (exact) mass is 584 g/mol. The number of methoxy groups -OCH3 is 3. The maximum absolute atomic E-state index is 7.04. The first kappa shape index (κ1) is 29.8. The van der Waals surface area contributed by atoms with Gasteiger partial charge in [0.2, 0.25) is 0 Å². The average molecular weight is 585 g/mol. The molecule has 0 aliphatic carbocycles. The normalized spacial score (nSPS) is 14.4. The van der Waals surface area contributed by atoms with Crippen molar-refractivity contribution in [2.45, 2.75) is 58.8 Å². The molecule has 0 saturated carbocycles. The quantitative estimate of drug-likeness (QED) is 0.203. The minimum atomic E-state index is -1.46. The molecule has 1 aliphatic rings. The maximum atomic E-state index is 7.04. The van der Waals surface area contributed by atoms with Crippen LogP contribution in [0.4, 0.5) is 0 Å². The van der Waals surface area contributed by atoms with Gasteiger partial charge in [-0.15, -0.1) is 0 Å². The lowest BCUT2D eigenvalue weighted by molar-refractivity contribution is 0.383. The fourth-order valence-electron chi connectivity index (χ4n) is 5.40. The zero-order valence-electron chi connectivity index (χ0n) is 26.1. The minimum Gasteiger partial charge on any atom is -0.497 e. The lowest BCUT2D eigenvalue weighted by atomic mass is 9.82. The number of hydrogen-bond donors (Lipinski definition) is 0. The first-order chi connectivity index (χ1) is 19.9. The topological polar surface area (TPSA) is 46.2 Å². The molecule has 0 spiro atoms. The molecule has 1 unspecified atom stereocenters. The average Bonchev–Trinajstić information content (AvgIpc) is 2.96. The number of fused-ring (bicyclic) bond motifs is 3. The van der Waals surface area contributed by atoms with Crippen LogP contribution in [0.25, 0.3) is 11.1 Å². The molecule has 5 nitrogen and oxygen atoms in total. The summed E-state index contributed by atoms with van der Waals surface area (Å²) in [6.07, 6.45) is 0.556. The summed E-state index contributed by atoms with van der Waals surface area (Å²) in [5, 5.41) is 1.06. The van der Waals surface area contributed by atoms with E-state index >= 15 is 0 Å². The molecule has 4 aromatic carbocycles. The summed E-state index contributed by atoms with van der Waals surface area (Å²) in [5.74, 6) is 4.07. The van der Waals surface area contributed by atoms with E-state index in [2.05, 4.69) is 90.1 Å². The van der Waals surface area contributed by atoms with Crippen LogP contribution in [-0.2, 0) is 17.3 Å². The third kappa shape index (κ3) is 5.80. The van der Waals surface area contributed by atoms with Crippen LogP contribution in [-0.4, -0.2) is 21.3 Å². The highest BCUT2D eigenvalue weighted by atomic mass is 31.2. The molecule has 0 fully saturated rings. The van der Waals surface area contributed by atoms with Crippen LogP contribution in [0.15, 0.2) is 72.8 Å². The third-order valence-electron chi connectivity index (χ3n) is 7.58. The van der Waals surface area contributed by atoms with E-state index in [0.29, 0.717) is 6.42 Å². The van der Waals surface area contributed by atoms with Crippen molar-refractivity contribution in [2.75, 3.05) is 21.3 Å². The minimum absolute atomic E-state index is 0.144. The molecule has 0 bridgehead atoms.